The molecule has 124 valence electrons. The van der Waals surface area contributed by atoms with E-state index in [0.717, 1.165) is 18.4 Å². The van der Waals surface area contributed by atoms with Crippen LogP contribution in [-0.4, -0.2) is 35.1 Å². The molecule has 5 nitrogen and oxygen atoms in total. The van der Waals surface area contributed by atoms with E-state index >= 15 is 0 Å². The average molecular weight is 316 g/mol. The zero-order valence-corrected chi connectivity index (χ0v) is 13.2. The molecule has 5 heteroatoms. The summed E-state index contributed by atoms with van der Waals surface area (Å²) in [5.41, 5.74) is 0.910. The second-order valence-corrected chi connectivity index (χ2v) is 6.70. The minimum absolute atomic E-state index is 0.178. The summed E-state index contributed by atoms with van der Waals surface area (Å²) in [6.45, 7) is 0. The van der Waals surface area contributed by atoms with Gasteiger partial charge in [-0.25, -0.2) is 4.79 Å². The number of hydrogen-bond donors (Lipinski definition) is 3. The summed E-state index contributed by atoms with van der Waals surface area (Å²) in [5.74, 6) is -0.600. The van der Waals surface area contributed by atoms with E-state index in [9.17, 15) is 14.7 Å². The van der Waals surface area contributed by atoms with Crippen molar-refractivity contribution in [2.75, 3.05) is 0 Å². The van der Waals surface area contributed by atoms with Gasteiger partial charge in [-0.2, -0.15) is 0 Å². The van der Waals surface area contributed by atoms with Gasteiger partial charge in [-0.15, -0.1) is 0 Å². The van der Waals surface area contributed by atoms with Gasteiger partial charge in [0, 0.05) is 12.5 Å². The fraction of sp³-hybridized carbons (Fsp3) is 0.556. The van der Waals surface area contributed by atoms with Gasteiger partial charge in [-0.3, -0.25) is 4.79 Å². The van der Waals surface area contributed by atoms with Crippen LogP contribution in [0.2, 0.25) is 0 Å². The van der Waals surface area contributed by atoms with Crippen molar-refractivity contribution >= 4 is 11.9 Å². The van der Waals surface area contributed by atoms with Gasteiger partial charge in [-0.05, 0) is 30.7 Å². The molecule has 1 aliphatic heterocycles. The summed E-state index contributed by atoms with van der Waals surface area (Å²) < 4.78 is 0. The van der Waals surface area contributed by atoms with E-state index in [0.29, 0.717) is 18.4 Å². The highest BCUT2D eigenvalue weighted by Gasteiger charge is 2.39. The van der Waals surface area contributed by atoms with Crippen molar-refractivity contribution in [2.24, 2.45) is 5.92 Å². The van der Waals surface area contributed by atoms with E-state index in [1.54, 1.807) is 0 Å². The summed E-state index contributed by atoms with van der Waals surface area (Å²) in [4.78, 5) is 23.9. The average Bonchev–Trinajstić information content (AvgIpc) is 2.99. The van der Waals surface area contributed by atoms with Crippen LogP contribution in [0.25, 0.3) is 0 Å². The molecule has 1 saturated carbocycles. The predicted molar refractivity (Wildman–Crippen MR) is 87.0 cm³/mol. The molecule has 23 heavy (non-hydrogen) atoms. The van der Waals surface area contributed by atoms with Crippen molar-refractivity contribution in [1.29, 1.82) is 0 Å². The molecule has 0 bridgehead atoms. The second-order valence-electron chi connectivity index (χ2n) is 6.70. The quantitative estimate of drug-likeness (QED) is 0.773. The molecule has 1 aliphatic carbocycles. The second kappa shape index (κ2) is 7.13. The lowest BCUT2D eigenvalue weighted by atomic mass is 9.85. The van der Waals surface area contributed by atoms with Gasteiger partial charge >= 0.3 is 5.97 Å². The van der Waals surface area contributed by atoms with Crippen LogP contribution >= 0.6 is 0 Å². The highest BCUT2D eigenvalue weighted by Crippen LogP contribution is 2.33. The molecular formula is C18H24N2O3. The highest BCUT2D eigenvalue weighted by atomic mass is 16.4. The van der Waals surface area contributed by atoms with Crippen LogP contribution in [0, 0.1) is 5.92 Å². The van der Waals surface area contributed by atoms with E-state index < -0.39 is 12.0 Å². The zero-order valence-electron chi connectivity index (χ0n) is 13.2. The molecule has 0 radical (unpaired) electrons. The SMILES string of the molecule is O=C(O)[C@H](Cc1ccccc1)NC(=O)[C@@H]1C[C@H]2CCCC[C@@H]2N1. The van der Waals surface area contributed by atoms with Gasteiger partial charge in [0.05, 0.1) is 6.04 Å². The molecule has 3 N–H and O–H groups in total. The normalized spacial score (nSPS) is 27.9. The molecule has 3 rings (SSSR count). The van der Waals surface area contributed by atoms with Crippen LogP contribution in [-0.2, 0) is 16.0 Å². The Labute approximate surface area is 136 Å². The monoisotopic (exact) mass is 316 g/mol. The third kappa shape index (κ3) is 3.91. The van der Waals surface area contributed by atoms with Crippen LogP contribution in [0.4, 0.5) is 0 Å². The van der Waals surface area contributed by atoms with Gasteiger partial charge in [0.2, 0.25) is 5.91 Å². The number of aliphatic carboxylic acids is 1. The summed E-state index contributed by atoms with van der Waals surface area (Å²) in [7, 11) is 0. The molecule has 4 atom stereocenters. The summed E-state index contributed by atoms with van der Waals surface area (Å²) in [6, 6.07) is 8.70. The first-order valence-corrected chi connectivity index (χ1v) is 8.46. The van der Waals surface area contributed by atoms with Gasteiger partial charge in [0.15, 0.2) is 0 Å². The molecule has 1 aromatic carbocycles. The first-order chi connectivity index (χ1) is 11.1. The van der Waals surface area contributed by atoms with Crippen LogP contribution in [0.15, 0.2) is 30.3 Å². The Morgan fingerprint density at radius 1 is 1.22 bits per heavy atom. The number of nitrogens with one attached hydrogen (secondary N) is 2. The third-order valence-corrected chi connectivity index (χ3v) is 5.08. The lowest BCUT2D eigenvalue weighted by molar-refractivity contribution is -0.142. The van der Waals surface area contributed by atoms with Crippen molar-refractivity contribution in [3.63, 3.8) is 0 Å². The van der Waals surface area contributed by atoms with Gasteiger partial charge in [-0.1, -0.05) is 43.2 Å². The number of benzene rings is 1. The summed E-state index contributed by atoms with van der Waals surface area (Å²) in [5, 5.41) is 15.5. The largest absolute Gasteiger partial charge is 0.480 e. The van der Waals surface area contributed by atoms with E-state index in [2.05, 4.69) is 10.6 Å². The van der Waals surface area contributed by atoms with Crippen molar-refractivity contribution in [3.05, 3.63) is 35.9 Å². The number of fused-ring (bicyclic) bond motifs is 1. The van der Waals surface area contributed by atoms with Crippen molar-refractivity contribution in [2.45, 2.75) is 56.7 Å². The topological polar surface area (TPSA) is 78.4 Å². The number of carbonyl (C=O) groups excluding carboxylic acids is 1. The maximum Gasteiger partial charge on any atom is 0.326 e. The van der Waals surface area contributed by atoms with Crippen LogP contribution in [0.5, 0.6) is 0 Å². The van der Waals surface area contributed by atoms with Gasteiger partial charge in [0.25, 0.3) is 0 Å². The van der Waals surface area contributed by atoms with Crippen LogP contribution in [0.1, 0.15) is 37.7 Å². The highest BCUT2D eigenvalue weighted by molar-refractivity contribution is 5.87. The fourth-order valence-electron chi connectivity index (χ4n) is 3.84. The molecule has 0 spiro atoms. The number of carboxylic acids is 1. The predicted octanol–water partition coefficient (Wildman–Crippen LogP) is 1.72. The Balaban J connectivity index is 1.59. The molecule has 1 amide bonds. The first kappa shape index (κ1) is 16.0. The molecule has 1 aromatic rings. The van der Waals surface area contributed by atoms with Crippen LogP contribution < -0.4 is 10.6 Å². The lowest BCUT2D eigenvalue weighted by Gasteiger charge is -2.24. The molecule has 1 saturated heterocycles. The molecule has 2 fully saturated rings. The van der Waals surface area contributed by atoms with Gasteiger partial charge < -0.3 is 15.7 Å². The van der Waals surface area contributed by atoms with Crippen molar-refractivity contribution < 1.29 is 14.7 Å². The number of amides is 1. The molecule has 0 aromatic heterocycles. The lowest BCUT2D eigenvalue weighted by Crippen LogP contribution is -2.50. The number of carbonyl (C=O) groups is 2. The van der Waals surface area contributed by atoms with Crippen LogP contribution in [0.3, 0.4) is 0 Å². The van der Waals surface area contributed by atoms with Crippen molar-refractivity contribution in [1.82, 2.24) is 10.6 Å². The molecule has 2 aliphatic rings. The minimum Gasteiger partial charge on any atom is -0.480 e. The third-order valence-electron chi connectivity index (χ3n) is 5.08. The maximum absolute atomic E-state index is 12.5. The van der Waals surface area contributed by atoms with Gasteiger partial charge in [0.1, 0.15) is 6.04 Å². The van der Waals surface area contributed by atoms with E-state index in [1.807, 2.05) is 30.3 Å². The Morgan fingerprint density at radius 2 is 1.96 bits per heavy atom. The maximum atomic E-state index is 12.5. The number of rotatable bonds is 5. The zero-order chi connectivity index (χ0) is 16.2. The molecule has 0 unspecified atom stereocenters. The Hall–Kier alpha value is -1.88. The van der Waals surface area contributed by atoms with E-state index in [4.69, 9.17) is 0 Å². The smallest absolute Gasteiger partial charge is 0.326 e. The number of hydrogen-bond acceptors (Lipinski definition) is 3. The summed E-state index contributed by atoms with van der Waals surface area (Å²) >= 11 is 0. The number of carboxylic acid groups (broad SMARTS) is 1. The standard InChI is InChI=1S/C18H24N2O3/c21-17(15-11-13-8-4-5-9-14(13)19-15)20-16(18(22)23)10-12-6-2-1-3-7-12/h1-3,6-7,13-16,19H,4-5,8-11H2,(H,20,21)(H,22,23)/t13-,14+,15+,16+/m1/s1. The molecule has 1 heterocycles. The molecular weight excluding hydrogens is 292 g/mol. The summed E-state index contributed by atoms with van der Waals surface area (Å²) in [6.07, 6.45) is 5.89. The Kier molecular flexibility index (Phi) is 4.96. The van der Waals surface area contributed by atoms with E-state index in [-0.39, 0.29) is 11.9 Å². The van der Waals surface area contributed by atoms with E-state index in [1.165, 1.54) is 19.3 Å². The van der Waals surface area contributed by atoms with Crippen molar-refractivity contribution in [3.8, 4) is 0 Å². The minimum atomic E-state index is -0.988. The Morgan fingerprint density at radius 3 is 2.65 bits per heavy atom. The fourth-order valence-corrected chi connectivity index (χ4v) is 3.84. The Bertz CT molecular complexity index is 547. The first-order valence-electron chi connectivity index (χ1n) is 8.46.